The van der Waals surface area contributed by atoms with Gasteiger partial charge in [0.25, 0.3) is 0 Å². The zero-order valence-electron chi connectivity index (χ0n) is 8.62. The van der Waals surface area contributed by atoms with Crippen molar-refractivity contribution in [2.45, 2.75) is 39.2 Å². The lowest BCUT2D eigenvalue weighted by molar-refractivity contribution is -0.123. The van der Waals surface area contributed by atoms with Crippen LogP contribution in [0.1, 0.15) is 33.1 Å². The molecule has 3 unspecified atom stereocenters. The lowest BCUT2D eigenvalue weighted by Gasteiger charge is -2.48. The molecule has 2 fully saturated rings. The van der Waals surface area contributed by atoms with Gasteiger partial charge in [-0.2, -0.15) is 0 Å². The highest BCUT2D eigenvalue weighted by Gasteiger charge is 2.39. The number of likely N-dealkylation sites (tertiary alicyclic amines) is 1. The monoisotopic (exact) mass is 181 g/mol. The summed E-state index contributed by atoms with van der Waals surface area (Å²) in [5, 5.41) is 0. The van der Waals surface area contributed by atoms with Gasteiger partial charge in [0, 0.05) is 32.0 Å². The first-order chi connectivity index (χ1) is 6.18. The van der Waals surface area contributed by atoms with E-state index < -0.39 is 0 Å². The van der Waals surface area contributed by atoms with Crippen molar-refractivity contribution in [3.8, 4) is 0 Å². The molecule has 2 heteroatoms. The van der Waals surface area contributed by atoms with Crippen LogP contribution in [-0.2, 0) is 4.79 Å². The van der Waals surface area contributed by atoms with Crippen LogP contribution in [-0.4, -0.2) is 29.8 Å². The van der Waals surface area contributed by atoms with Crippen molar-refractivity contribution in [1.82, 2.24) is 4.90 Å². The summed E-state index contributed by atoms with van der Waals surface area (Å²) in [6.45, 7) is 6.70. The number of Topliss-reactive ketones (excluding diaryl/α,β-unsaturated/α-hetero) is 1. The van der Waals surface area contributed by atoms with E-state index in [-0.39, 0.29) is 0 Å². The molecule has 0 amide bonds. The highest BCUT2D eigenvalue weighted by molar-refractivity contribution is 5.79. The van der Waals surface area contributed by atoms with Crippen molar-refractivity contribution in [1.29, 1.82) is 0 Å². The maximum absolute atomic E-state index is 11.1. The second kappa shape index (κ2) is 3.41. The molecular formula is C11H19NO. The van der Waals surface area contributed by atoms with Crippen LogP contribution in [0.5, 0.6) is 0 Å². The minimum atomic E-state index is 0.455. The lowest BCUT2D eigenvalue weighted by Crippen LogP contribution is -2.53. The van der Waals surface area contributed by atoms with Crippen LogP contribution in [0.15, 0.2) is 0 Å². The number of carbonyl (C=O) groups is 1. The minimum Gasteiger partial charge on any atom is -0.300 e. The van der Waals surface area contributed by atoms with Crippen molar-refractivity contribution < 1.29 is 4.79 Å². The number of nitrogens with zero attached hydrogens (tertiary/aromatic N) is 1. The zero-order chi connectivity index (χ0) is 9.42. The Hall–Kier alpha value is -0.370. The van der Waals surface area contributed by atoms with E-state index in [4.69, 9.17) is 0 Å². The average molecular weight is 181 g/mol. The highest BCUT2D eigenvalue weighted by Crippen LogP contribution is 2.38. The molecule has 1 aliphatic heterocycles. The maximum atomic E-state index is 11.1. The van der Waals surface area contributed by atoms with Gasteiger partial charge in [-0.25, -0.2) is 0 Å². The van der Waals surface area contributed by atoms with Crippen molar-refractivity contribution in [2.75, 3.05) is 13.1 Å². The van der Waals surface area contributed by atoms with Gasteiger partial charge in [-0.05, 0) is 18.3 Å². The van der Waals surface area contributed by atoms with Gasteiger partial charge in [-0.1, -0.05) is 13.8 Å². The number of hydrogen-bond donors (Lipinski definition) is 0. The van der Waals surface area contributed by atoms with Crippen LogP contribution in [0.25, 0.3) is 0 Å². The molecule has 0 aromatic heterocycles. The molecule has 1 saturated carbocycles. The zero-order valence-corrected chi connectivity index (χ0v) is 8.62. The van der Waals surface area contributed by atoms with E-state index in [1.165, 1.54) is 6.42 Å². The topological polar surface area (TPSA) is 20.3 Å². The van der Waals surface area contributed by atoms with Gasteiger partial charge in [-0.15, -0.1) is 0 Å². The molecule has 0 radical (unpaired) electrons. The van der Waals surface area contributed by atoms with E-state index in [1.54, 1.807) is 0 Å². The molecule has 1 aliphatic carbocycles. The Kier molecular flexibility index (Phi) is 2.41. The number of rotatable bonds is 1. The number of hydrogen-bond acceptors (Lipinski definition) is 2. The van der Waals surface area contributed by atoms with Crippen molar-refractivity contribution in [2.24, 2.45) is 11.8 Å². The first-order valence-electron chi connectivity index (χ1n) is 5.44. The fourth-order valence-corrected chi connectivity index (χ4v) is 2.58. The molecule has 0 spiro atoms. The van der Waals surface area contributed by atoms with Gasteiger partial charge in [0.05, 0.1) is 0 Å². The summed E-state index contributed by atoms with van der Waals surface area (Å²) < 4.78 is 0. The largest absolute Gasteiger partial charge is 0.300 e. The molecule has 1 saturated heterocycles. The second-order valence-corrected chi connectivity index (χ2v) is 4.71. The SMILES string of the molecule is CC1CC(N2CCC(=O)CC2)C1C. The van der Waals surface area contributed by atoms with Gasteiger partial charge in [0.1, 0.15) is 5.78 Å². The fourth-order valence-electron chi connectivity index (χ4n) is 2.58. The Balaban J connectivity index is 1.85. The van der Waals surface area contributed by atoms with Crippen molar-refractivity contribution in [3.63, 3.8) is 0 Å². The van der Waals surface area contributed by atoms with E-state index in [2.05, 4.69) is 18.7 Å². The normalized spacial score (nSPS) is 41.7. The van der Waals surface area contributed by atoms with Crippen LogP contribution in [0.4, 0.5) is 0 Å². The molecular weight excluding hydrogens is 162 g/mol. The number of carbonyl (C=O) groups excluding carboxylic acids is 1. The smallest absolute Gasteiger partial charge is 0.135 e. The predicted octanol–water partition coefficient (Wildman–Crippen LogP) is 1.70. The summed E-state index contributed by atoms with van der Waals surface area (Å²) in [4.78, 5) is 13.6. The summed E-state index contributed by atoms with van der Waals surface area (Å²) in [6.07, 6.45) is 2.92. The molecule has 0 bridgehead atoms. The van der Waals surface area contributed by atoms with Crippen molar-refractivity contribution in [3.05, 3.63) is 0 Å². The molecule has 74 valence electrons. The molecule has 2 nitrogen and oxygen atoms in total. The Morgan fingerprint density at radius 3 is 2.31 bits per heavy atom. The molecule has 1 heterocycles. The molecule has 0 aromatic rings. The standard InChI is InChI=1S/C11H19NO/c1-8-7-11(9(8)2)12-5-3-10(13)4-6-12/h8-9,11H,3-7H2,1-2H3. The molecule has 2 rings (SSSR count). The highest BCUT2D eigenvalue weighted by atomic mass is 16.1. The maximum Gasteiger partial charge on any atom is 0.135 e. The van der Waals surface area contributed by atoms with Crippen LogP contribution in [0, 0.1) is 11.8 Å². The van der Waals surface area contributed by atoms with Crippen LogP contribution >= 0.6 is 0 Å². The number of piperidine rings is 1. The van der Waals surface area contributed by atoms with Crippen molar-refractivity contribution >= 4 is 5.78 Å². The molecule has 2 aliphatic rings. The quantitative estimate of drug-likeness (QED) is 0.613. The third kappa shape index (κ3) is 1.64. The first-order valence-corrected chi connectivity index (χ1v) is 5.44. The first kappa shape index (κ1) is 9.20. The van der Waals surface area contributed by atoms with Gasteiger partial charge < -0.3 is 0 Å². The summed E-state index contributed by atoms with van der Waals surface area (Å²) >= 11 is 0. The Morgan fingerprint density at radius 2 is 1.85 bits per heavy atom. The third-order valence-electron chi connectivity index (χ3n) is 3.94. The van der Waals surface area contributed by atoms with Gasteiger partial charge in [0.2, 0.25) is 0 Å². The van der Waals surface area contributed by atoms with E-state index in [9.17, 15) is 4.79 Å². The summed E-state index contributed by atoms with van der Waals surface area (Å²) in [5.41, 5.74) is 0. The van der Waals surface area contributed by atoms with Crippen LogP contribution in [0.3, 0.4) is 0 Å². The Morgan fingerprint density at radius 1 is 1.23 bits per heavy atom. The predicted molar refractivity (Wildman–Crippen MR) is 52.5 cm³/mol. The van der Waals surface area contributed by atoms with Crippen LogP contribution in [0.2, 0.25) is 0 Å². The lowest BCUT2D eigenvalue weighted by atomic mass is 9.70. The summed E-state index contributed by atoms with van der Waals surface area (Å²) in [7, 11) is 0. The van der Waals surface area contributed by atoms with Crippen LogP contribution < -0.4 is 0 Å². The van der Waals surface area contributed by atoms with E-state index >= 15 is 0 Å². The third-order valence-corrected chi connectivity index (χ3v) is 3.94. The van der Waals surface area contributed by atoms with E-state index in [1.807, 2.05) is 0 Å². The minimum absolute atomic E-state index is 0.455. The molecule has 0 aromatic carbocycles. The molecule has 0 N–H and O–H groups in total. The Labute approximate surface area is 80.3 Å². The Bertz CT molecular complexity index is 204. The number of ketones is 1. The van der Waals surface area contributed by atoms with E-state index in [0.717, 1.165) is 43.8 Å². The van der Waals surface area contributed by atoms with Gasteiger partial charge in [0.15, 0.2) is 0 Å². The summed E-state index contributed by atoms with van der Waals surface area (Å²) in [5.74, 6) is 2.19. The average Bonchev–Trinajstić information content (AvgIpc) is 2.15. The molecule has 3 atom stereocenters. The van der Waals surface area contributed by atoms with E-state index in [0.29, 0.717) is 5.78 Å². The second-order valence-electron chi connectivity index (χ2n) is 4.71. The fraction of sp³-hybridized carbons (Fsp3) is 0.909. The molecule has 13 heavy (non-hydrogen) atoms. The van der Waals surface area contributed by atoms with Gasteiger partial charge in [-0.3, -0.25) is 9.69 Å². The van der Waals surface area contributed by atoms with Gasteiger partial charge >= 0.3 is 0 Å². The summed E-state index contributed by atoms with van der Waals surface area (Å²) in [6, 6.07) is 0.781.